The van der Waals surface area contributed by atoms with Crippen LogP contribution in [0, 0.1) is 18.8 Å². The Hall–Kier alpha value is -1.35. The van der Waals surface area contributed by atoms with Gasteiger partial charge in [0.05, 0.1) is 13.7 Å². The summed E-state index contributed by atoms with van der Waals surface area (Å²) in [5, 5.41) is 0. The fraction of sp³-hybridized carbons (Fsp3) is 0.588. The number of ketones is 1. The van der Waals surface area contributed by atoms with Gasteiger partial charge in [0.25, 0.3) is 0 Å². The van der Waals surface area contributed by atoms with Gasteiger partial charge in [-0.25, -0.2) is 0 Å². The van der Waals surface area contributed by atoms with E-state index in [2.05, 4.69) is 18.7 Å². The van der Waals surface area contributed by atoms with Gasteiger partial charge in [0.2, 0.25) is 0 Å². The summed E-state index contributed by atoms with van der Waals surface area (Å²) in [7, 11) is 1.63. The van der Waals surface area contributed by atoms with Gasteiger partial charge in [-0.1, -0.05) is 19.9 Å². The lowest BCUT2D eigenvalue weighted by Gasteiger charge is -2.34. The van der Waals surface area contributed by atoms with Crippen molar-refractivity contribution in [2.24, 2.45) is 11.8 Å². The summed E-state index contributed by atoms with van der Waals surface area (Å²) in [4.78, 5) is 14.8. The number of carbonyl (C=O) groups excluding carboxylic acids is 1. The van der Waals surface area contributed by atoms with Crippen LogP contribution in [0.3, 0.4) is 0 Å². The number of Topliss-reactive ketones (excluding diaryl/α,β-unsaturated/α-hetero) is 1. The number of hydrogen-bond acceptors (Lipinski definition) is 3. The number of aryl methyl sites for hydroxylation is 1. The summed E-state index contributed by atoms with van der Waals surface area (Å²) in [6, 6.07) is 5.71. The number of benzene rings is 1. The monoisotopic (exact) mass is 275 g/mol. The number of rotatable bonds is 4. The van der Waals surface area contributed by atoms with Crippen molar-refractivity contribution in [3.63, 3.8) is 0 Å². The van der Waals surface area contributed by atoms with Crippen molar-refractivity contribution in [2.75, 3.05) is 26.7 Å². The number of methoxy groups -OCH3 is 1. The van der Waals surface area contributed by atoms with Crippen LogP contribution in [-0.4, -0.2) is 37.4 Å². The van der Waals surface area contributed by atoms with Crippen molar-refractivity contribution in [1.29, 1.82) is 0 Å². The average Bonchev–Trinajstić information content (AvgIpc) is 2.37. The molecule has 110 valence electrons. The lowest BCUT2D eigenvalue weighted by Crippen LogP contribution is -2.41. The van der Waals surface area contributed by atoms with Gasteiger partial charge in [-0.15, -0.1) is 0 Å². The van der Waals surface area contributed by atoms with Crippen molar-refractivity contribution in [2.45, 2.75) is 27.2 Å². The predicted octanol–water partition coefficient (Wildman–Crippen LogP) is 3.16. The third-order valence-electron chi connectivity index (χ3n) is 4.06. The molecule has 1 fully saturated rings. The molecule has 0 saturated carbocycles. The molecule has 1 aliphatic heterocycles. The highest BCUT2D eigenvalue weighted by Gasteiger charge is 2.24. The van der Waals surface area contributed by atoms with Gasteiger partial charge in [-0.3, -0.25) is 9.69 Å². The summed E-state index contributed by atoms with van der Waals surface area (Å²) in [6.07, 6.45) is 1.27. The predicted molar refractivity (Wildman–Crippen MR) is 81.4 cm³/mol. The molecule has 3 heteroatoms. The second kappa shape index (κ2) is 6.40. The first-order valence-electron chi connectivity index (χ1n) is 7.39. The van der Waals surface area contributed by atoms with Crippen LogP contribution in [0.15, 0.2) is 18.2 Å². The number of likely N-dealkylation sites (tertiary alicyclic amines) is 1. The maximum atomic E-state index is 12.5. The summed E-state index contributed by atoms with van der Waals surface area (Å²) in [6.45, 7) is 9.09. The Bertz CT molecular complexity index is 474. The van der Waals surface area contributed by atoms with Crippen LogP contribution in [0.25, 0.3) is 0 Å². The van der Waals surface area contributed by atoms with E-state index >= 15 is 0 Å². The van der Waals surface area contributed by atoms with Gasteiger partial charge in [-0.05, 0) is 42.9 Å². The lowest BCUT2D eigenvalue weighted by molar-refractivity contribution is 0.0848. The standard InChI is InChI=1S/C17H25NO2/c1-12-7-13(2)10-18(9-12)11-17(19)16-8-15(20-4)6-5-14(16)3/h5-6,8,12-13H,7,9-11H2,1-4H3. The first-order valence-corrected chi connectivity index (χ1v) is 7.39. The maximum Gasteiger partial charge on any atom is 0.177 e. The number of hydrogen-bond donors (Lipinski definition) is 0. The zero-order valence-electron chi connectivity index (χ0n) is 13.0. The van der Waals surface area contributed by atoms with Gasteiger partial charge in [0, 0.05) is 18.7 Å². The molecule has 0 aromatic heterocycles. The van der Waals surface area contributed by atoms with E-state index in [0.29, 0.717) is 18.4 Å². The number of ether oxygens (including phenoxy) is 1. The minimum absolute atomic E-state index is 0.197. The molecule has 1 saturated heterocycles. The molecular formula is C17H25NO2. The summed E-state index contributed by atoms with van der Waals surface area (Å²) >= 11 is 0. The van der Waals surface area contributed by atoms with Crippen LogP contribution in [0.4, 0.5) is 0 Å². The van der Waals surface area contributed by atoms with E-state index in [1.54, 1.807) is 7.11 Å². The molecule has 2 atom stereocenters. The number of piperidine rings is 1. The molecule has 0 radical (unpaired) electrons. The second-order valence-corrected chi connectivity index (χ2v) is 6.24. The van der Waals surface area contributed by atoms with E-state index in [-0.39, 0.29) is 5.78 Å². The van der Waals surface area contributed by atoms with Gasteiger partial charge >= 0.3 is 0 Å². The van der Waals surface area contributed by atoms with Gasteiger partial charge < -0.3 is 4.74 Å². The minimum atomic E-state index is 0.197. The largest absolute Gasteiger partial charge is 0.497 e. The SMILES string of the molecule is COc1ccc(C)c(C(=O)CN2CC(C)CC(C)C2)c1. The zero-order chi connectivity index (χ0) is 14.7. The molecule has 20 heavy (non-hydrogen) atoms. The average molecular weight is 275 g/mol. The van der Waals surface area contributed by atoms with Crippen LogP contribution in [0.1, 0.15) is 36.2 Å². The molecule has 0 amide bonds. The van der Waals surface area contributed by atoms with E-state index in [4.69, 9.17) is 4.74 Å². The van der Waals surface area contributed by atoms with Crippen molar-refractivity contribution >= 4 is 5.78 Å². The number of carbonyl (C=O) groups is 1. The molecule has 1 aromatic carbocycles. The maximum absolute atomic E-state index is 12.5. The van der Waals surface area contributed by atoms with Crippen LogP contribution in [0.5, 0.6) is 5.75 Å². The highest BCUT2D eigenvalue weighted by Crippen LogP contribution is 2.22. The Morgan fingerprint density at radius 3 is 2.55 bits per heavy atom. The molecule has 0 bridgehead atoms. The Labute approximate surface area is 121 Å². The second-order valence-electron chi connectivity index (χ2n) is 6.24. The zero-order valence-corrected chi connectivity index (χ0v) is 13.0. The van der Waals surface area contributed by atoms with E-state index in [1.165, 1.54) is 6.42 Å². The summed E-state index contributed by atoms with van der Waals surface area (Å²) in [5.41, 5.74) is 1.81. The molecule has 3 nitrogen and oxygen atoms in total. The summed E-state index contributed by atoms with van der Waals surface area (Å²) in [5.74, 6) is 2.30. The third-order valence-corrected chi connectivity index (χ3v) is 4.06. The van der Waals surface area contributed by atoms with E-state index in [0.717, 1.165) is 30.0 Å². The highest BCUT2D eigenvalue weighted by atomic mass is 16.5. The van der Waals surface area contributed by atoms with Crippen molar-refractivity contribution < 1.29 is 9.53 Å². The molecule has 0 spiro atoms. The van der Waals surface area contributed by atoms with Crippen LogP contribution < -0.4 is 4.74 Å². The molecule has 2 rings (SSSR count). The van der Waals surface area contributed by atoms with E-state index in [1.807, 2.05) is 25.1 Å². The Balaban J connectivity index is 2.08. The van der Waals surface area contributed by atoms with Gasteiger partial charge in [0.1, 0.15) is 5.75 Å². The van der Waals surface area contributed by atoms with Crippen LogP contribution in [-0.2, 0) is 0 Å². The van der Waals surface area contributed by atoms with Gasteiger partial charge in [0.15, 0.2) is 5.78 Å². The third kappa shape index (κ3) is 3.60. The fourth-order valence-corrected chi connectivity index (χ4v) is 3.24. The molecule has 0 N–H and O–H groups in total. The molecule has 2 unspecified atom stereocenters. The van der Waals surface area contributed by atoms with Crippen molar-refractivity contribution in [1.82, 2.24) is 4.90 Å². The topological polar surface area (TPSA) is 29.5 Å². The van der Waals surface area contributed by atoms with E-state index < -0.39 is 0 Å². The molecule has 0 aliphatic carbocycles. The quantitative estimate of drug-likeness (QED) is 0.791. The molecule has 1 aliphatic rings. The van der Waals surface area contributed by atoms with Crippen molar-refractivity contribution in [3.05, 3.63) is 29.3 Å². The number of nitrogens with zero attached hydrogens (tertiary/aromatic N) is 1. The molecule has 1 heterocycles. The Morgan fingerprint density at radius 2 is 1.95 bits per heavy atom. The minimum Gasteiger partial charge on any atom is -0.497 e. The smallest absolute Gasteiger partial charge is 0.177 e. The summed E-state index contributed by atoms with van der Waals surface area (Å²) < 4.78 is 5.22. The van der Waals surface area contributed by atoms with Gasteiger partial charge in [-0.2, -0.15) is 0 Å². The van der Waals surface area contributed by atoms with Crippen molar-refractivity contribution in [3.8, 4) is 5.75 Å². The van der Waals surface area contributed by atoms with Crippen LogP contribution >= 0.6 is 0 Å². The molecular weight excluding hydrogens is 250 g/mol. The first-order chi connectivity index (χ1) is 9.49. The van der Waals surface area contributed by atoms with E-state index in [9.17, 15) is 4.79 Å². The Kier molecular flexibility index (Phi) is 4.81. The normalized spacial score (nSPS) is 23.6. The highest BCUT2D eigenvalue weighted by molar-refractivity contribution is 5.99. The Morgan fingerprint density at radius 1 is 1.30 bits per heavy atom. The lowest BCUT2D eigenvalue weighted by atomic mass is 9.91. The fourth-order valence-electron chi connectivity index (χ4n) is 3.24. The first kappa shape index (κ1) is 15.0. The molecule has 1 aromatic rings. The van der Waals surface area contributed by atoms with Crippen LogP contribution in [0.2, 0.25) is 0 Å².